The Morgan fingerprint density at radius 2 is 1.33 bits per heavy atom. The minimum atomic E-state index is -0.302. The Bertz CT molecular complexity index is 794. The van der Waals surface area contributed by atoms with E-state index in [4.69, 9.17) is 4.74 Å². The van der Waals surface area contributed by atoms with E-state index < -0.39 is 0 Å². The second kappa shape index (κ2) is 7.55. The maximum absolute atomic E-state index is 12.8. The van der Waals surface area contributed by atoms with Gasteiger partial charge in [-0.15, -0.1) is 0 Å². The van der Waals surface area contributed by atoms with E-state index in [9.17, 15) is 9.18 Å². The molecule has 3 heteroatoms. The lowest BCUT2D eigenvalue weighted by Gasteiger charge is -2.06. The Kier molecular flexibility index (Phi) is 5.02. The van der Waals surface area contributed by atoms with Crippen LogP contribution in [0.3, 0.4) is 0 Å². The highest BCUT2D eigenvalue weighted by molar-refractivity contribution is 5.73. The van der Waals surface area contributed by atoms with Crippen molar-refractivity contribution < 1.29 is 13.9 Å². The van der Waals surface area contributed by atoms with Gasteiger partial charge in [-0.25, -0.2) is 4.39 Å². The van der Waals surface area contributed by atoms with Crippen LogP contribution in [0.5, 0.6) is 0 Å². The lowest BCUT2D eigenvalue weighted by atomic mass is 10.0. The summed E-state index contributed by atoms with van der Waals surface area (Å²) in [6.07, 6.45) is 0.219. The molecule has 24 heavy (non-hydrogen) atoms. The van der Waals surface area contributed by atoms with Crippen LogP contribution in [0.2, 0.25) is 0 Å². The lowest BCUT2D eigenvalue weighted by molar-refractivity contribution is -0.144. The molecule has 0 amide bonds. The van der Waals surface area contributed by atoms with Crippen molar-refractivity contribution in [2.45, 2.75) is 13.0 Å². The Morgan fingerprint density at radius 1 is 0.750 bits per heavy atom. The van der Waals surface area contributed by atoms with Gasteiger partial charge in [-0.05, 0) is 34.4 Å². The van der Waals surface area contributed by atoms with Crippen molar-refractivity contribution in [3.8, 4) is 11.1 Å². The highest BCUT2D eigenvalue weighted by atomic mass is 19.1. The van der Waals surface area contributed by atoms with Gasteiger partial charge in [0.05, 0.1) is 6.42 Å². The third-order valence-corrected chi connectivity index (χ3v) is 3.72. The molecule has 0 heterocycles. The van der Waals surface area contributed by atoms with Crippen LogP contribution in [0, 0.1) is 5.82 Å². The molecule has 0 spiro atoms. The summed E-state index contributed by atoms with van der Waals surface area (Å²) in [5.74, 6) is -0.602. The zero-order chi connectivity index (χ0) is 16.8. The fraction of sp³-hybridized carbons (Fsp3) is 0.0952. The summed E-state index contributed by atoms with van der Waals surface area (Å²) in [4.78, 5) is 11.9. The minimum Gasteiger partial charge on any atom is -0.461 e. The minimum absolute atomic E-state index is 0.154. The smallest absolute Gasteiger partial charge is 0.310 e. The maximum atomic E-state index is 12.8. The summed E-state index contributed by atoms with van der Waals surface area (Å²) >= 11 is 0. The fourth-order valence-electron chi connectivity index (χ4n) is 2.41. The number of halogens is 1. The molecule has 0 aliphatic heterocycles. The first-order valence-electron chi connectivity index (χ1n) is 7.75. The summed E-state index contributed by atoms with van der Waals surface area (Å²) in [7, 11) is 0. The zero-order valence-electron chi connectivity index (χ0n) is 13.1. The summed E-state index contributed by atoms with van der Waals surface area (Å²) in [6, 6.07) is 23.9. The second-order valence-electron chi connectivity index (χ2n) is 5.53. The molecule has 0 N–H and O–H groups in total. The first kappa shape index (κ1) is 15.9. The molecule has 0 aliphatic rings. The molecule has 0 saturated heterocycles. The summed E-state index contributed by atoms with van der Waals surface area (Å²) in [5, 5.41) is 0. The summed E-state index contributed by atoms with van der Waals surface area (Å²) in [5.41, 5.74) is 3.92. The van der Waals surface area contributed by atoms with E-state index in [1.807, 2.05) is 54.6 Å². The molecule has 0 bridgehead atoms. The maximum Gasteiger partial charge on any atom is 0.310 e. The highest BCUT2D eigenvalue weighted by Gasteiger charge is 2.06. The number of hydrogen-bond acceptors (Lipinski definition) is 2. The number of rotatable bonds is 5. The number of hydrogen-bond donors (Lipinski definition) is 0. The van der Waals surface area contributed by atoms with Crippen molar-refractivity contribution in [1.29, 1.82) is 0 Å². The molecular formula is C21H17FO2. The van der Waals surface area contributed by atoms with Gasteiger partial charge in [0, 0.05) is 0 Å². The summed E-state index contributed by atoms with van der Waals surface area (Å²) in [6.45, 7) is 0.154. The van der Waals surface area contributed by atoms with Crippen molar-refractivity contribution in [2.24, 2.45) is 0 Å². The number of carbonyl (C=O) groups excluding carboxylic acids is 1. The van der Waals surface area contributed by atoms with E-state index in [-0.39, 0.29) is 24.8 Å². The van der Waals surface area contributed by atoms with E-state index in [1.165, 1.54) is 12.1 Å². The Morgan fingerprint density at radius 3 is 2.00 bits per heavy atom. The van der Waals surface area contributed by atoms with Crippen LogP contribution < -0.4 is 0 Å². The van der Waals surface area contributed by atoms with Crippen LogP contribution in [-0.2, 0) is 22.6 Å². The molecular weight excluding hydrogens is 303 g/mol. The zero-order valence-corrected chi connectivity index (χ0v) is 13.1. The van der Waals surface area contributed by atoms with Crippen molar-refractivity contribution in [3.63, 3.8) is 0 Å². The third kappa shape index (κ3) is 4.29. The van der Waals surface area contributed by atoms with Gasteiger partial charge in [0.15, 0.2) is 0 Å². The standard InChI is InChI=1S/C21H17FO2/c22-20-12-8-17(9-13-20)15-24-21(23)14-16-6-10-19(11-7-16)18-4-2-1-3-5-18/h1-13H,14-15H2. The first-order chi connectivity index (χ1) is 11.7. The highest BCUT2D eigenvalue weighted by Crippen LogP contribution is 2.19. The fourth-order valence-corrected chi connectivity index (χ4v) is 2.41. The second-order valence-corrected chi connectivity index (χ2v) is 5.53. The quantitative estimate of drug-likeness (QED) is 0.633. The molecule has 0 aliphatic carbocycles. The van der Waals surface area contributed by atoms with Crippen molar-refractivity contribution in [3.05, 3.63) is 95.8 Å². The molecule has 2 nitrogen and oxygen atoms in total. The SMILES string of the molecule is O=C(Cc1ccc(-c2ccccc2)cc1)OCc1ccc(F)cc1. The molecule has 0 aromatic heterocycles. The van der Waals surface area contributed by atoms with Crippen LogP contribution in [-0.4, -0.2) is 5.97 Å². The number of ether oxygens (including phenoxy) is 1. The van der Waals surface area contributed by atoms with Crippen LogP contribution in [0.1, 0.15) is 11.1 Å². The molecule has 0 atom stereocenters. The lowest BCUT2D eigenvalue weighted by Crippen LogP contribution is -2.08. The van der Waals surface area contributed by atoms with Gasteiger partial charge in [-0.3, -0.25) is 4.79 Å². The van der Waals surface area contributed by atoms with E-state index in [0.717, 1.165) is 22.3 Å². The predicted molar refractivity (Wildman–Crippen MR) is 91.8 cm³/mol. The van der Waals surface area contributed by atoms with Gasteiger partial charge < -0.3 is 4.74 Å². The Hall–Kier alpha value is -2.94. The van der Waals surface area contributed by atoms with Crippen LogP contribution in [0.15, 0.2) is 78.9 Å². The Labute approximate surface area is 140 Å². The summed E-state index contributed by atoms with van der Waals surface area (Å²) < 4.78 is 18.0. The van der Waals surface area contributed by atoms with Crippen LogP contribution in [0.25, 0.3) is 11.1 Å². The average Bonchev–Trinajstić information content (AvgIpc) is 2.63. The van der Waals surface area contributed by atoms with E-state index >= 15 is 0 Å². The van der Waals surface area contributed by atoms with Gasteiger partial charge in [0.2, 0.25) is 0 Å². The van der Waals surface area contributed by atoms with Gasteiger partial charge in [0.1, 0.15) is 12.4 Å². The molecule has 120 valence electrons. The normalized spacial score (nSPS) is 10.4. The third-order valence-electron chi connectivity index (χ3n) is 3.72. The largest absolute Gasteiger partial charge is 0.461 e. The van der Waals surface area contributed by atoms with E-state index in [1.54, 1.807) is 12.1 Å². The van der Waals surface area contributed by atoms with E-state index in [0.29, 0.717) is 0 Å². The van der Waals surface area contributed by atoms with Crippen molar-refractivity contribution in [1.82, 2.24) is 0 Å². The van der Waals surface area contributed by atoms with Gasteiger partial charge in [-0.1, -0.05) is 66.7 Å². The topological polar surface area (TPSA) is 26.3 Å². The molecule has 3 aromatic rings. The number of benzene rings is 3. The average molecular weight is 320 g/mol. The predicted octanol–water partition coefficient (Wildman–Crippen LogP) is 4.78. The molecule has 3 rings (SSSR count). The van der Waals surface area contributed by atoms with Gasteiger partial charge in [0.25, 0.3) is 0 Å². The van der Waals surface area contributed by atoms with Crippen molar-refractivity contribution in [2.75, 3.05) is 0 Å². The number of esters is 1. The monoisotopic (exact) mass is 320 g/mol. The first-order valence-corrected chi connectivity index (χ1v) is 7.75. The Balaban J connectivity index is 1.55. The number of carbonyl (C=O) groups is 1. The van der Waals surface area contributed by atoms with Crippen LogP contribution in [0.4, 0.5) is 4.39 Å². The molecule has 0 unspecified atom stereocenters. The molecule has 0 saturated carbocycles. The molecule has 0 fully saturated rings. The van der Waals surface area contributed by atoms with Gasteiger partial charge in [-0.2, -0.15) is 0 Å². The van der Waals surface area contributed by atoms with Crippen LogP contribution >= 0.6 is 0 Å². The van der Waals surface area contributed by atoms with E-state index in [2.05, 4.69) is 0 Å². The van der Waals surface area contributed by atoms with Gasteiger partial charge >= 0.3 is 5.97 Å². The molecule has 0 radical (unpaired) electrons. The molecule has 3 aromatic carbocycles. The van der Waals surface area contributed by atoms with Crippen molar-refractivity contribution >= 4 is 5.97 Å².